The third kappa shape index (κ3) is 4.21. The van der Waals surface area contributed by atoms with Crippen molar-refractivity contribution in [2.45, 2.75) is 6.42 Å². The number of halogens is 1. The first-order chi connectivity index (χ1) is 9.19. The SMILES string of the molecule is CNC[C@H]1CCN(C(=O)COc2ccc(Br)cc2)C1. The van der Waals surface area contributed by atoms with E-state index in [0.717, 1.165) is 36.3 Å². The van der Waals surface area contributed by atoms with Crippen LogP contribution in [0, 0.1) is 5.92 Å². The van der Waals surface area contributed by atoms with Gasteiger partial charge in [0.15, 0.2) is 6.61 Å². The fourth-order valence-corrected chi connectivity index (χ4v) is 2.55. The predicted molar refractivity (Wildman–Crippen MR) is 78.3 cm³/mol. The fourth-order valence-electron chi connectivity index (χ4n) is 2.28. The quantitative estimate of drug-likeness (QED) is 0.898. The number of benzene rings is 1. The first-order valence-electron chi connectivity index (χ1n) is 6.50. The highest BCUT2D eigenvalue weighted by Crippen LogP contribution is 2.18. The molecule has 0 spiro atoms. The third-order valence-electron chi connectivity index (χ3n) is 3.31. The topological polar surface area (TPSA) is 41.6 Å². The molecule has 2 rings (SSSR count). The summed E-state index contributed by atoms with van der Waals surface area (Å²) in [6, 6.07) is 7.51. The molecule has 1 aromatic rings. The van der Waals surface area contributed by atoms with Crippen LogP contribution in [0.1, 0.15) is 6.42 Å². The van der Waals surface area contributed by atoms with E-state index in [1.165, 1.54) is 0 Å². The van der Waals surface area contributed by atoms with Gasteiger partial charge in [-0.15, -0.1) is 0 Å². The minimum atomic E-state index is 0.0709. The summed E-state index contributed by atoms with van der Waals surface area (Å²) >= 11 is 3.36. The largest absolute Gasteiger partial charge is 0.484 e. The van der Waals surface area contributed by atoms with Gasteiger partial charge >= 0.3 is 0 Å². The lowest BCUT2D eigenvalue weighted by Crippen LogP contribution is -2.34. The molecule has 1 aliphatic heterocycles. The summed E-state index contributed by atoms with van der Waals surface area (Å²) in [6.45, 7) is 2.77. The van der Waals surface area contributed by atoms with Crippen LogP contribution in [0.3, 0.4) is 0 Å². The van der Waals surface area contributed by atoms with Crippen molar-refractivity contribution in [2.24, 2.45) is 5.92 Å². The number of rotatable bonds is 5. The molecule has 1 fully saturated rings. The summed E-state index contributed by atoms with van der Waals surface area (Å²) < 4.78 is 6.50. The zero-order valence-electron chi connectivity index (χ0n) is 11.1. The van der Waals surface area contributed by atoms with E-state index in [4.69, 9.17) is 4.74 Å². The van der Waals surface area contributed by atoms with E-state index in [-0.39, 0.29) is 12.5 Å². The highest BCUT2D eigenvalue weighted by atomic mass is 79.9. The van der Waals surface area contributed by atoms with Crippen LogP contribution >= 0.6 is 15.9 Å². The summed E-state index contributed by atoms with van der Waals surface area (Å²) in [5.74, 6) is 1.37. The van der Waals surface area contributed by atoms with Gasteiger partial charge in [0.1, 0.15) is 5.75 Å². The molecule has 0 saturated carbocycles. The molecule has 1 saturated heterocycles. The van der Waals surface area contributed by atoms with Crippen LogP contribution in [0.4, 0.5) is 0 Å². The molecule has 1 amide bonds. The van der Waals surface area contributed by atoms with Crippen LogP contribution in [0.15, 0.2) is 28.7 Å². The molecule has 104 valence electrons. The highest BCUT2D eigenvalue weighted by Gasteiger charge is 2.25. The van der Waals surface area contributed by atoms with Crippen molar-refractivity contribution in [3.05, 3.63) is 28.7 Å². The number of likely N-dealkylation sites (tertiary alicyclic amines) is 1. The molecule has 0 bridgehead atoms. The second-order valence-corrected chi connectivity index (χ2v) is 5.71. The number of carbonyl (C=O) groups excluding carboxylic acids is 1. The van der Waals surface area contributed by atoms with Crippen LogP contribution in [-0.2, 0) is 4.79 Å². The van der Waals surface area contributed by atoms with Gasteiger partial charge in [-0.05, 0) is 50.2 Å². The number of hydrogen-bond donors (Lipinski definition) is 1. The summed E-state index contributed by atoms with van der Waals surface area (Å²) in [7, 11) is 1.95. The van der Waals surface area contributed by atoms with Crippen molar-refractivity contribution in [1.82, 2.24) is 10.2 Å². The van der Waals surface area contributed by atoms with Gasteiger partial charge in [-0.2, -0.15) is 0 Å². The van der Waals surface area contributed by atoms with E-state index in [2.05, 4.69) is 21.2 Å². The normalized spacial score (nSPS) is 18.6. The minimum absolute atomic E-state index is 0.0709. The standard InChI is InChI=1S/C14H19BrN2O2/c1-16-8-11-6-7-17(9-11)14(18)10-19-13-4-2-12(15)3-5-13/h2-5,11,16H,6-10H2,1H3/t11-/m1/s1. The third-order valence-corrected chi connectivity index (χ3v) is 3.84. The van der Waals surface area contributed by atoms with Crippen LogP contribution in [0.2, 0.25) is 0 Å². The Morgan fingerprint density at radius 2 is 2.21 bits per heavy atom. The summed E-state index contributed by atoms with van der Waals surface area (Å²) in [4.78, 5) is 13.9. The number of carbonyl (C=O) groups is 1. The van der Waals surface area contributed by atoms with Gasteiger partial charge in [0.2, 0.25) is 0 Å². The Labute approximate surface area is 122 Å². The van der Waals surface area contributed by atoms with Crippen molar-refractivity contribution >= 4 is 21.8 Å². The zero-order valence-corrected chi connectivity index (χ0v) is 12.6. The van der Waals surface area contributed by atoms with E-state index >= 15 is 0 Å². The summed E-state index contributed by atoms with van der Waals surface area (Å²) in [6.07, 6.45) is 1.07. The average molecular weight is 327 g/mol. The van der Waals surface area contributed by atoms with Crippen molar-refractivity contribution in [1.29, 1.82) is 0 Å². The molecule has 0 radical (unpaired) electrons. The van der Waals surface area contributed by atoms with Crippen LogP contribution in [-0.4, -0.2) is 44.1 Å². The molecule has 19 heavy (non-hydrogen) atoms. The van der Waals surface area contributed by atoms with Crippen molar-refractivity contribution in [3.8, 4) is 5.75 Å². The van der Waals surface area contributed by atoms with Crippen molar-refractivity contribution in [3.63, 3.8) is 0 Å². The molecule has 0 unspecified atom stereocenters. The average Bonchev–Trinajstić information content (AvgIpc) is 2.87. The van der Waals surface area contributed by atoms with Gasteiger partial charge in [0.05, 0.1) is 0 Å². The second-order valence-electron chi connectivity index (χ2n) is 4.79. The lowest BCUT2D eigenvalue weighted by molar-refractivity contribution is -0.132. The zero-order chi connectivity index (χ0) is 13.7. The lowest BCUT2D eigenvalue weighted by Gasteiger charge is -2.17. The molecular weight excluding hydrogens is 308 g/mol. The van der Waals surface area contributed by atoms with E-state index in [0.29, 0.717) is 5.92 Å². The number of hydrogen-bond acceptors (Lipinski definition) is 3. The minimum Gasteiger partial charge on any atom is -0.484 e. The molecule has 1 aromatic carbocycles. The summed E-state index contributed by atoms with van der Waals surface area (Å²) in [5, 5.41) is 3.16. The van der Waals surface area contributed by atoms with Crippen molar-refractivity contribution in [2.75, 3.05) is 33.3 Å². The number of nitrogens with zero attached hydrogens (tertiary/aromatic N) is 1. The maximum absolute atomic E-state index is 12.0. The van der Waals surface area contributed by atoms with Gasteiger partial charge in [-0.25, -0.2) is 0 Å². The number of amides is 1. The molecule has 0 aliphatic carbocycles. The van der Waals surface area contributed by atoms with E-state index in [1.807, 2.05) is 36.2 Å². The smallest absolute Gasteiger partial charge is 0.260 e. The molecule has 0 aromatic heterocycles. The predicted octanol–water partition coefficient (Wildman–Crippen LogP) is 1.90. The molecule has 1 aliphatic rings. The molecular formula is C14H19BrN2O2. The Hall–Kier alpha value is -1.07. The molecule has 1 atom stereocenters. The molecule has 1 N–H and O–H groups in total. The Morgan fingerprint density at radius 1 is 1.47 bits per heavy atom. The Bertz CT molecular complexity index is 422. The first-order valence-corrected chi connectivity index (χ1v) is 7.29. The lowest BCUT2D eigenvalue weighted by atomic mass is 10.1. The van der Waals surface area contributed by atoms with Gasteiger partial charge in [0, 0.05) is 17.6 Å². The van der Waals surface area contributed by atoms with Crippen LogP contribution in [0.25, 0.3) is 0 Å². The fraction of sp³-hybridized carbons (Fsp3) is 0.500. The van der Waals surface area contributed by atoms with E-state index in [1.54, 1.807) is 0 Å². The van der Waals surface area contributed by atoms with E-state index in [9.17, 15) is 4.79 Å². The number of nitrogens with one attached hydrogen (secondary N) is 1. The maximum atomic E-state index is 12.0. The maximum Gasteiger partial charge on any atom is 0.260 e. The Kier molecular flexibility index (Phi) is 5.22. The molecule has 1 heterocycles. The van der Waals surface area contributed by atoms with Gasteiger partial charge < -0.3 is 15.0 Å². The van der Waals surface area contributed by atoms with Gasteiger partial charge in [0.25, 0.3) is 5.91 Å². The van der Waals surface area contributed by atoms with E-state index < -0.39 is 0 Å². The number of ether oxygens (including phenoxy) is 1. The first kappa shape index (κ1) is 14.3. The Balaban J connectivity index is 1.77. The summed E-state index contributed by atoms with van der Waals surface area (Å²) in [5.41, 5.74) is 0. The highest BCUT2D eigenvalue weighted by molar-refractivity contribution is 9.10. The molecule has 4 nitrogen and oxygen atoms in total. The van der Waals surface area contributed by atoms with Gasteiger partial charge in [-0.1, -0.05) is 15.9 Å². The molecule has 5 heteroatoms. The van der Waals surface area contributed by atoms with Crippen LogP contribution in [0.5, 0.6) is 5.75 Å². The van der Waals surface area contributed by atoms with Crippen molar-refractivity contribution < 1.29 is 9.53 Å². The monoisotopic (exact) mass is 326 g/mol. The Morgan fingerprint density at radius 3 is 2.89 bits per heavy atom. The second kappa shape index (κ2) is 6.91. The van der Waals surface area contributed by atoms with Gasteiger partial charge in [-0.3, -0.25) is 4.79 Å². The van der Waals surface area contributed by atoms with Crippen LogP contribution < -0.4 is 10.1 Å².